The summed E-state index contributed by atoms with van der Waals surface area (Å²) < 4.78 is 2.71. The monoisotopic (exact) mass is 357 g/mol. The van der Waals surface area contributed by atoms with Crippen LogP contribution < -0.4 is 5.32 Å². The molecule has 0 atom stereocenters. The number of hydrogen-bond donors (Lipinski definition) is 1. The van der Waals surface area contributed by atoms with Crippen molar-refractivity contribution >= 4 is 33.2 Å². The highest BCUT2D eigenvalue weighted by Gasteiger charge is 2.17. The van der Waals surface area contributed by atoms with E-state index < -0.39 is 0 Å². The Bertz CT molecular complexity index is 883. The first-order valence-electron chi connectivity index (χ1n) is 6.99. The lowest BCUT2D eigenvalue weighted by atomic mass is 10.1. The Hall–Kier alpha value is -2.14. The fraction of sp³-hybridized carbons (Fsp3) is 0.176. The van der Waals surface area contributed by atoms with Crippen LogP contribution in [0.5, 0.6) is 0 Å². The first kappa shape index (κ1) is 14.8. The number of amides is 1. The number of rotatable bonds is 2. The van der Waals surface area contributed by atoms with Crippen molar-refractivity contribution in [2.45, 2.75) is 20.8 Å². The summed E-state index contributed by atoms with van der Waals surface area (Å²) in [5.41, 5.74) is 5.07. The highest BCUT2D eigenvalue weighted by Crippen LogP contribution is 2.21. The Labute approximate surface area is 137 Å². The fourth-order valence-electron chi connectivity index (χ4n) is 2.48. The molecule has 0 saturated carbocycles. The van der Waals surface area contributed by atoms with Crippen LogP contribution in [-0.4, -0.2) is 15.3 Å². The van der Waals surface area contributed by atoms with Crippen molar-refractivity contribution < 1.29 is 4.79 Å². The molecule has 3 aromatic rings. The molecule has 0 unspecified atom stereocenters. The third-order valence-corrected chi connectivity index (χ3v) is 4.29. The van der Waals surface area contributed by atoms with Crippen LogP contribution in [0.15, 0.2) is 41.0 Å². The highest BCUT2D eigenvalue weighted by atomic mass is 79.9. The van der Waals surface area contributed by atoms with Gasteiger partial charge in [0.05, 0.1) is 5.69 Å². The van der Waals surface area contributed by atoms with E-state index in [9.17, 15) is 4.79 Å². The summed E-state index contributed by atoms with van der Waals surface area (Å²) in [7, 11) is 0. The molecule has 2 aromatic heterocycles. The van der Waals surface area contributed by atoms with Crippen LogP contribution in [0.4, 0.5) is 5.69 Å². The maximum atomic E-state index is 12.7. The van der Waals surface area contributed by atoms with Gasteiger partial charge < -0.3 is 5.32 Å². The minimum atomic E-state index is -0.156. The van der Waals surface area contributed by atoms with Gasteiger partial charge in [0.2, 0.25) is 0 Å². The van der Waals surface area contributed by atoms with Gasteiger partial charge in [-0.3, -0.25) is 9.20 Å². The number of halogens is 1. The van der Waals surface area contributed by atoms with E-state index in [2.05, 4.69) is 26.2 Å². The molecule has 0 bridgehead atoms. The Morgan fingerprint density at radius 1 is 1.18 bits per heavy atom. The smallest absolute Gasteiger partial charge is 0.274 e. The Morgan fingerprint density at radius 2 is 1.95 bits per heavy atom. The fourth-order valence-corrected chi connectivity index (χ4v) is 2.81. The number of hydrogen-bond acceptors (Lipinski definition) is 2. The molecule has 1 amide bonds. The molecular weight excluding hydrogens is 342 g/mol. The van der Waals surface area contributed by atoms with Gasteiger partial charge >= 0.3 is 0 Å². The number of nitrogens with zero attached hydrogens (tertiary/aromatic N) is 2. The van der Waals surface area contributed by atoms with Gasteiger partial charge in [-0.25, -0.2) is 4.98 Å². The van der Waals surface area contributed by atoms with Crippen molar-refractivity contribution in [2.24, 2.45) is 0 Å². The molecule has 2 heterocycles. The second kappa shape index (κ2) is 5.57. The number of nitrogens with one attached hydrogen (secondary N) is 1. The normalized spacial score (nSPS) is 10.9. The summed E-state index contributed by atoms with van der Waals surface area (Å²) in [6.45, 7) is 5.88. The minimum absolute atomic E-state index is 0.156. The molecule has 1 N–H and O–H groups in total. The van der Waals surface area contributed by atoms with Crippen LogP contribution in [0.25, 0.3) is 5.65 Å². The standard InChI is InChI=1S/C17H16BrN3O/c1-10-5-4-6-14(11(10)2)20-17(22)16-12(3)19-15-8-7-13(18)9-21(15)16/h4-9H,1-3H3,(H,20,22). The number of imidazole rings is 1. The molecule has 4 nitrogen and oxygen atoms in total. The van der Waals surface area contributed by atoms with E-state index in [1.807, 2.05) is 57.3 Å². The van der Waals surface area contributed by atoms with E-state index in [0.29, 0.717) is 11.4 Å². The zero-order chi connectivity index (χ0) is 15.9. The van der Waals surface area contributed by atoms with Gasteiger partial charge in [-0.05, 0) is 66.0 Å². The lowest BCUT2D eigenvalue weighted by molar-refractivity contribution is 0.102. The van der Waals surface area contributed by atoms with Crippen molar-refractivity contribution in [3.05, 3.63) is 63.5 Å². The zero-order valence-electron chi connectivity index (χ0n) is 12.6. The van der Waals surface area contributed by atoms with Gasteiger partial charge in [0.1, 0.15) is 11.3 Å². The van der Waals surface area contributed by atoms with Crippen LogP contribution in [0.2, 0.25) is 0 Å². The van der Waals surface area contributed by atoms with E-state index >= 15 is 0 Å². The summed E-state index contributed by atoms with van der Waals surface area (Å²) in [5.74, 6) is -0.156. The van der Waals surface area contributed by atoms with Gasteiger partial charge in [0, 0.05) is 16.4 Å². The van der Waals surface area contributed by atoms with Gasteiger partial charge in [-0.2, -0.15) is 0 Å². The van der Waals surface area contributed by atoms with Crippen molar-refractivity contribution in [3.63, 3.8) is 0 Å². The molecule has 1 aromatic carbocycles. The van der Waals surface area contributed by atoms with Crippen LogP contribution >= 0.6 is 15.9 Å². The predicted octanol–water partition coefficient (Wildman–Crippen LogP) is 4.27. The zero-order valence-corrected chi connectivity index (χ0v) is 14.2. The molecule has 0 aliphatic rings. The number of benzene rings is 1. The average molecular weight is 358 g/mol. The topological polar surface area (TPSA) is 46.4 Å². The SMILES string of the molecule is Cc1cccc(NC(=O)c2c(C)nc3ccc(Br)cn23)c1C. The van der Waals surface area contributed by atoms with E-state index in [1.165, 1.54) is 0 Å². The number of anilines is 1. The van der Waals surface area contributed by atoms with Crippen LogP contribution in [0.1, 0.15) is 27.3 Å². The molecule has 0 saturated heterocycles. The third-order valence-electron chi connectivity index (χ3n) is 3.82. The van der Waals surface area contributed by atoms with Crippen LogP contribution in [-0.2, 0) is 0 Å². The Morgan fingerprint density at radius 3 is 2.73 bits per heavy atom. The van der Waals surface area contributed by atoms with Crippen molar-refractivity contribution in [1.29, 1.82) is 0 Å². The first-order chi connectivity index (χ1) is 10.5. The number of aryl methyl sites for hydroxylation is 2. The molecular formula is C17H16BrN3O. The van der Waals surface area contributed by atoms with E-state index in [1.54, 1.807) is 4.40 Å². The molecule has 0 spiro atoms. The van der Waals surface area contributed by atoms with Gasteiger partial charge in [-0.15, -0.1) is 0 Å². The number of aromatic nitrogens is 2. The molecule has 0 aliphatic heterocycles. The second-order valence-corrected chi connectivity index (χ2v) is 6.24. The largest absolute Gasteiger partial charge is 0.320 e. The molecule has 5 heteroatoms. The van der Waals surface area contributed by atoms with Crippen molar-refractivity contribution in [3.8, 4) is 0 Å². The molecule has 0 fully saturated rings. The maximum absolute atomic E-state index is 12.7. The number of carbonyl (C=O) groups is 1. The Balaban J connectivity index is 2.04. The van der Waals surface area contributed by atoms with E-state index in [0.717, 1.165) is 26.9 Å². The quantitative estimate of drug-likeness (QED) is 0.744. The minimum Gasteiger partial charge on any atom is -0.320 e. The molecule has 0 radical (unpaired) electrons. The Kier molecular flexibility index (Phi) is 3.74. The summed E-state index contributed by atoms with van der Waals surface area (Å²) in [6.07, 6.45) is 1.85. The van der Waals surface area contributed by atoms with Gasteiger partial charge in [-0.1, -0.05) is 12.1 Å². The van der Waals surface area contributed by atoms with Crippen LogP contribution in [0, 0.1) is 20.8 Å². The van der Waals surface area contributed by atoms with Crippen LogP contribution in [0.3, 0.4) is 0 Å². The highest BCUT2D eigenvalue weighted by molar-refractivity contribution is 9.10. The summed E-state index contributed by atoms with van der Waals surface area (Å²) in [4.78, 5) is 17.1. The summed E-state index contributed by atoms with van der Waals surface area (Å²) >= 11 is 3.43. The van der Waals surface area contributed by atoms with Crippen molar-refractivity contribution in [1.82, 2.24) is 9.38 Å². The van der Waals surface area contributed by atoms with Gasteiger partial charge in [0.25, 0.3) is 5.91 Å². The lowest BCUT2D eigenvalue weighted by Crippen LogP contribution is -2.16. The lowest BCUT2D eigenvalue weighted by Gasteiger charge is -2.10. The van der Waals surface area contributed by atoms with E-state index in [-0.39, 0.29) is 5.91 Å². The molecule has 22 heavy (non-hydrogen) atoms. The number of pyridine rings is 1. The first-order valence-corrected chi connectivity index (χ1v) is 7.78. The maximum Gasteiger partial charge on any atom is 0.274 e. The molecule has 3 rings (SSSR count). The summed E-state index contributed by atoms with van der Waals surface area (Å²) in [5, 5.41) is 2.99. The number of fused-ring (bicyclic) bond motifs is 1. The molecule has 0 aliphatic carbocycles. The van der Waals surface area contributed by atoms with Gasteiger partial charge in [0.15, 0.2) is 0 Å². The average Bonchev–Trinajstić information content (AvgIpc) is 2.79. The number of carbonyl (C=O) groups excluding carboxylic acids is 1. The van der Waals surface area contributed by atoms with Crippen molar-refractivity contribution in [2.75, 3.05) is 5.32 Å². The predicted molar refractivity (Wildman–Crippen MR) is 91.5 cm³/mol. The molecule has 112 valence electrons. The second-order valence-electron chi connectivity index (χ2n) is 5.32. The van der Waals surface area contributed by atoms with E-state index in [4.69, 9.17) is 0 Å². The third kappa shape index (κ3) is 2.52. The summed E-state index contributed by atoms with van der Waals surface area (Å²) in [6, 6.07) is 9.67.